The minimum absolute atomic E-state index is 0.503. The quantitative estimate of drug-likeness (QED) is 0.735. The van der Waals surface area contributed by atoms with Crippen molar-refractivity contribution in [1.82, 2.24) is 25.5 Å². The van der Waals surface area contributed by atoms with Crippen molar-refractivity contribution < 1.29 is 0 Å². The number of nitrogens with one attached hydrogen (secondary N) is 2. The molecule has 0 aliphatic carbocycles. The van der Waals surface area contributed by atoms with Gasteiger partial charge in [0.2, 0.25) is 0 Å². The maximum Gasteiger partial charge on any atom is 0.155 e. The highest BCUT2D eigenvalue weighted by atomic mass is 35.5. The third-order valence-electron chi connectivity index (χ3n) is 4.70. The SMILES string of the molecule is CC(C)C[C@H]1CN(c2cccc(-c3n[nH]c4ncc(Cl)cc34)n2)CCN1. The molecule has 1 saturated heterocycles. The number of nitrogens with zero attached hydrogens (tertiary/aromatic N) is 4. The maximum absolute atomic E-state index is 6.11. The van der Waals surface area contributed by atoms with Gasteiger partial charge in [-0.25, -0.2) is 9.97 Å². The first-order valence-corrected chi connectivity index (χ1v) is 9.43. The molecule has 2 N–H and O–H groups in total. The third-order valence-corrected chi connectivity index (χ3v) is 4.90. The lowest BCUT2D eigenvalue weighted by Crippen LogP contribution is -2.51. The van der Waals surface area contributed by atoms with Crippen LogP contribution in [-0.4, -0.2) is 45.8 Å². The van der Waals surface area contributed by atoms with Crippen molar-refractivity contribution in [2.45, 2.75) is 26.3 Å². The molecule has 3 aromatic rings. The predicted octanol–water partition coefficient (Wildman–Crippen LogP) is 3.50. The highest BCUT2D eigenvalue weighted by Gasteiger charge is 2.21. The second-order valence-electron chi connectivity index (χ2n) is 7.23. The fourth-order valence-electron chi connectivity index (χ4n) is 3.56. The number of piperazine rings is 1. The van der Waals surface area contributed by atoms with Gasteiger partial charge in [-0.3, -0.25) is 5.10 Å². The summed E-state index contributed by atoms with van der Waals surface area (Å²) in [5.74, 6) is 1.67. The van der Waals surface area contributed by atoms with Crippen molar-refractivity contribution in [2.24, 2.45) is 5.92 Å². The van der Waals surface area contributed by atoms with E-state index in [1.807, 2.05) is 18.2 Å². The normalized spacial score (nSPS) is 18.0. The first kappa shape index (κ1) is 17.2. The Morgan fingerprint density at radius 1 is 1.35 bits per heavy atom. The Bertz CT molecular complexity index is 906. The van der Waals surface area contributed by atoms with Crippen LogP contribution >= 0.6 is 11.6 Å². The summed E-state index contributed by atoms with van der Waals surface area (Å²) in [5.41, 5.74) is 2.33. The Hall–Kier alpha value is -2.18. The van der Waals surface area contributed by atoms with E-state index < -0.39 is 0 Å². The first-order valence-electron chi connectivity index (χ1n) is 9.05. The van der Waals surface area contributed by atoms with Gasteiger partial charge in [-0.15, -0.1) is 0 Å². The van der Waals surface area contributed by atoms with Gasteiger partial charge in [0.25, 0.3) is 0 Å². The van der Waals surface area contributed by atoms with Crippen LogP contribution in [0.25, 0.3) is 22.4 Å². The van der Waals surface area contributed by atoms with Crippen molar-refractivity contribution in [3.8, 4) is 11.4 Å². The van der Waals surface area contributed by atoms with Crippen LogP contribution in [0.4, 0.5) is 5.82 Å². The lowest BCUT2D eigenvalue weighted by molar-refractivity contribution is 0.387. The molecule has 0 spiro atoms. The summed E-state index contributed by atoms with van der Waals surface area (Å²) >= 11 is 6.11. The molecule has 4 heterocycles. The molecule has 26 heavy (non-hydrogen) atoms. The van der Waals surface area contributed by atoms with E-state index in [2.05, 4.69) is 45.3 Å². The monoisotopic (exact) mass is 370 g/mol. The van der Waals surface area contributed by atoms with E-state index in [9.17, 15) is 0 Å². The number of fused-ring (bicyclic) bond motifs is 1. The minimum atomic E-state index is 0.503. The van der Waals surface area contributed by atoms with Gasteiger partial charge in [-0.2, -0.15) is 5.10 Å². The van der Waals surface area contributed by atoms with Crippen LogP contribution in [0, 0.1) is 5.92 Å². The predicted molar refractivity (Wildman–Crippen MR) is 106 cm³/mol. The topological polar surface area (TPSA) is 69.7 Å². The number of aromatic amines is 1. The first-order chi connectivity index (χ1) is 12.6. The largest absolute Gasteiger partial charge is 0.354 e. The fourth-order valence-corrected chi connectivity index (χ4v) is 3.72. The number of halogens is 1. The van der Waals surface area contributed by atoms with Crippen molar-refractivity contribution in [3.05, 3.63) is 35.5 Å². The molecule has 136 valence electrons. The van der Waals surface area contributed by atoms with Crippen molar-refractivity contribution in [2.75, 3.05) is 24.5 Å². The van der Waals surface area contributed by atoms with Gasteiger partial charge in [0.1, 0.15) is 11.5 Å². The molecule has 6 nitrogen and oxygen atoms in total. The molecule has 0 amide bonds. The summed E-state index contributed by atoms with van der Waals surface area (Å²) in [7, 11) is 0. The molecule has 0 unspecified atom stereocenters. The van der Waals surface area contributed by atoms with Gasteiger partial charge >= 0.3 is 0 Å². The zero-order chi connectivity index (χ0) is 18.1. The number of rotatable bonds is 4. The van der Waals surface area contributed by atoms with Crippen molar-refractivity contribution in [1.29, 1.82) is 0 Å². The van der Waals surface area contributed by atoms with Crippen molar-refractivity contribution in [3.63, 3.8) is 0 Å². The molecule has 1 fully saturated rings. The fraction of sp³-hybridized carbons (Fsp3) is 0.421. The Kier molecular flexibility index (Phi) is 4.78. The number of anilines is 1. The number of hydrogen-bond acceptors (Lipinski definition) is 5. The van der Waals surface area contributed by atoms with E-state index in [0.717, 1.165) is 47.9 Å². The molecule has 0 saturated carbocycles. The van der Waals surface area contributed by atoms with Crippen LogP contribution in [0.2, 0.25) is 5.02 Å². The van der Waals surface area contributed by atoms with Crippen LogP contribution < -0.4 is 10.2 Å². The average Bonchev–Trinajstić information content (AvgIpc) is 3.04. The van der Waals surface area contributed by atoms with E-state index in [4.69, 9.17) is 16.6 Å². The summed E-state index contributed by atoms with van der Waals surface area (Å²) in [5, 5.41) is 12.5. The lowest BCUT2D eigenvalue weighted by Gasteiger charge is -2.35. The average molecular weight is 371 g/mol. The molecule has 4 rings (SSSR count). The summed E-state index contributed by atoms with van der Waals surface area (Å²) < 4.78 is 0. The van der Waals surface area contributed by atoms with Crippen molar-refractivity contribution >= 4 is 28.5 Å². The van der Waals surface area contributed by atoms with E-state index in [1.54, 1.807) is 6.20 Å². The summed E-state index contributed by atoms with van der Waals surface area (Å²) in [6.07, 6.45) is 2.79. The molecule has 1 aliphatic heterocycles. The summed E-state index contributed by atoms with van der Waals surface area (Å²) in [6.45, 7) is 7.44. The van der Waals surface area contributed by atoms with Gasteiger partial charge in [0, 0.05) is 37.3 Å². The third kappa shape index (κ3) is 3.52. The second kappa shape index (κ2) is 7.21. The molecule has 3 aromatic heterocycles. The number of aromatic nitrogens is 4. The van der Waals surface area contributed by atoms with Gasteiger partial charge in [0.05, 0.1) is 10.7 Å². The molecule has 1 atom stereocenters. The van der Waals surface area contributed by atoms with E-state index >= 15 is 0 Å². The Morgan fingerprint density at radius 2 is 2.23 bits per heavy atom. The molecule has 0 bridgehead atoms. The zero-order valence-corrected chi connectivity index (χ0v) is 15.8. The summed E-state index contributed by atoms with van der Waals surface area (Å²) in [4.78, 5) is 11.5. The van der Waals surface area contributed by atoms with Gasteiger partial charge in [-0.1, -0.05) is 31.5 Å². The molecular formula is C19H23ClN6. The van der Waals surface area contributed by atoms with Crippen LogP contribution in [-0.2, 0) is 0 Å². The van der Waals surface area contributed by atoms with E-state index in [1.165, 1.54) is 6.42 Å². The number of H-pyrrole nitrogens is 1. The zero-order valence-electron chi connectivity index (χ0n) is 15.0. The van der Waals surface area contributed by atoms with Crippen LogP contribution in [0.15, 0.2) is 30.5 Å². The van der Waals surface area contributed by atoms with E-state index in [0.29, 0.717) is 17.0 Å². The molecule has 7 heteroatoms. The van der Waals surface area contributed by atoms with Crippen LogP contribution in [0.3, 0.4) is 0 Å². The number of hydrogen-bond donors (Lipinski definition) is 2. The smallest absolute Gasteiger partial charge is 0.155 e. The lowest BCUT2D eigenvalue weighted by atomic mass is 10.0. The molecule has 0 aromatic carbocycles. The molecular weight excluding hydrogens is 348 g/mol. The summed E-state index contributed by atoms with van der Waals surface area (Å²) in [6, 6.07) is 8.47. The Balaban J connectivity index is 1.63. The highest BCUT2D eigenvalue weighted by molar-refractivity contribution is 6.31. The number of pyridine rings is 2. The van der Waals surface area contributed by atoms with Crippen LogP contribution in [0.1, 0.15) is 20.3 Å². The van der Waals surface area contributed by atoms with Gasteiger partial charge in [0.15, 0.2) is 5.65 Å². The Morgan fingerprint density at radius 3 is 3.08 bits per heavy atom. The second-order valence-corrected chi connectivity index (χ2v) is 7.67. The van der Waals surface area contributed by atoms with Gasteiger partial charge < -0.3 is 10.2 Å². The molecule has 1 aliphatic rings. The van der Waals surface area contributed by atoms with Crippen LogP contribution in [0.5, 0.6) is 0 Å². The highest BCUT2D eigenvalue weighted by Crippen LogP contribution is 2.27. The molecule has 0 radical (unpaired) electrons. The minimum Gasteiger partial charge on any atom is -0.354 e. The van der Waals surface area contributed by atoms with E-state index in [-0.39, 0.29) is 0 Å². The standard InChI is InChI=1S/C19H23ClN6/c1-12(2)8-14-11-26(7-6-21-14)17-5-3-4-16(23-17)18-15-9-13(20)10-22-19(15)25-24-18/h3-5,9-10,12,14,21H,6-8,11H2,1-2H3,(H,22,24,25)/t14-/m0/s1. The van der Waals surface area contributed by atoms with Gasteiger partial charge in [-0.05, 0) is 30.5 Å². The maximum atomic E-state index is 6.11. The Labute approximate surface area is 158 Å².